The topological polar surface area (TPSA) is 29.1 Å². The maximum Gasteiger partial charge on any atom is 0.228 e. The van der Waals surface area contributed by atoms with Gasteiger partial charge >= 0.3 is 0 Å². The Morgan fingerprint density at radius 3 is 2.41 bits per heavy atom. The summed E-state index contributed by atoms with van der Waals surface area (Å²) in [4.78, 5) is 13.1. The van der Waals surface area contributed by atoms with E-state index in [-0.39, 0.29) is 23.6 Å². The number of rotatable bonds is 7. The van der Waals surface area contributed by atoms with Crippen LogP contribution in [-0.4, -0.2) is 5.91 Å². The smallest absolute Gasteiger partial charge is 0.228 e. The third-order valence-electron chi connectivity index (χ3n) is 5.00. The molecule has 1 amide bonds. The molecule has 3 aromatic carbocycles. The van der Waals surface area contributed by atoms with Crippen molar-refractivity contribution in [3.8, 4) is 0 Å². The minimum absolute atomic E-state index is 0.0194. The lowest BCUT2D eigenvalue weighted by atomic mass is 9.85. The molecule has 1 N–H and O–H groups in total. The number of hydrogen-bond acceptors (Lipinski definition) is 1. The second-order valence-electron chi connectivity index (χ2n) is 7.36. The van der Waals surface area contributed by atoms with Gasteiger partial charge in [-0.15, -0.1) is 0 Å². The minimum Gasteiger partial charge on any atom is -0.351 e. The van der Waals surface area contributed by atoms with Gasteiger partial charge in [-0.3, -0.25) is 4.79 Å². The number of carbonyl (C=O) groups is 1. The van der Waals surface area contributed by atoms with Crippen LogP contribution in [0.4, 0.5) is 4.39 Å². The Kier molecular flexibility index (Phi) is 6.96. The van der Waals surface area contributed by atoms with Gasteiger partial charge in [0, 0.05) is 6.54 Å². The summed E-state index contributed by atoms with van der Waals surface area (Å²) in [6, 6.07) is 24.4. The molecule has 0 aromatic heterocycles. The number of hydrogen-bond donors (Lipinski definition) is 1. The number of amides is 1. The van der Waals surface area contributed by atoms with Crippen LogP contribution in [-0.2, 0) is 11.3 Å². The SMILES string of the molecule is Cc1ccc([C@@H](C(=O)NCc2ccccc2)[C@H](C)/C=C/c2cccc(F)c2)cc1. The van der Waals surface area contributed by atoms with Crippen molar-refractivity contribution in [3.63, 3.8) is 0 Å². The maximum absolute atomic E-state index is 13.4. The van der Waals surface area contributed by atoms with Crippen molar-refractivity contribution in [3.05, 3.63) is 113 Å². The molecule has 0 aliphatic heterocycles. The molecule has 29 heavy (non-hydrogen) atoms. The summed E-state index contributed by atoms with van der Waals surface area (Å²) in [6.45, 7) is 4.53. The van der Waals surface area contributed by atoms with Crippen molar-refractivity contribution in [2.45, 2.75) is 26.3 Å². The van der Waals surface area contributed by atoms with Crippen molar-refractivity contribution >= 4 is 12.0 Å². The molecule has 0 saturated carbocycles. The standard InChI is InChI=1S/C26H26FNO/c1-19-11-15-23(16-12-19)25(26(29)28-18-22-7-4-3-5-8-22)20(2)13-14-21-9-6-10-24(27)17-21/h3-17,20,25H,18H2,1-2H3,(H,28,29)/b14-13+/t20-,25+/m1/s1. The molecular weight excluding hydrogens is 361 g/mol. The molecule has 2 nitrogen and oxygen atoms in total. The average molecular weight is 387 g/mol. The first-order chi connectivity index (χ1) is 14.0. The summed E-state index contributed by atoms with van der Waals surface area (Å²) in [5.41, 5.74) is 3.97. The van der Waals surface area contributed by atoms with Gasteiger partial charge in [0.25, 0.3) is 0 Å². The van der Waals surface area contributed by atoms with Gasteiger partial charge in [-0.05, 0) is 41.7 Å². The first kappa shape index (κ1) is 20.5. The summed E-state index contributed by atoms with van der Waals surface area (Å²) in [7, 11) is 0. The molecule has 0 unspecified atom stereocenters. The normalized spacial score (nSPS) is 13.2. The molecule has 0 radical (unpaired) electrons. The third-order valence-corrected chi connectivity index (χ3v) is 5.00. The van der Waals surface area contributed by atoms with Gasteiger partial charge in [-0.25, -0.2) is 4.39 Å². The summed E-state index contributed by atoms with van der Waals surface area (Å²) >= 11 is 0. The molecule has 0 bridgehead atoms. The maximum atomic E-state index is 13.4. The first-order valence-electron chi connectivity index (χ1n) is 9.85. The molecule has 0 saturated heterocycles. The third kappa shape index (κ3) is 5.89. The van der Waals surface area contributed by atoms with Crippen LogP contribution in [0.1, 0.15) is 35.1 Å². The fourth-order valence-electron chi connectivity index (χ4n) is 3.35. The molecular formula is C26H26FNO. The number of allylic oxidation sites excluding steroid dienone is 1. The fourth-order valence-corrected chi connectivity index (χ4v) is 3.35. The number of halogens is 1. The lowest BCUT2D eigenvalue weighted by molar-refractivity contribution is -0.123. The van der Waals surface area contributed by atoms with Crippen LogP contribution >= 0.6 is 0 Å². The fraction of sp³-hybridized carbons (Fsp3) is 0.192. The number of aryl methyl sites for hydroxylation is 1. The predicted octanol–water partition coefficient (Wildman–Crippen LogP) is 5.88. The van der Waals surface area contributed by atoms with Gasteiger partial charge in [0.05, 0.1) is 5.92 Å². The Bertz CT molecular complexity index is 964. The quantitative estimate of drug-likeness (QED) is 0.539. The van der Waals surface area contributed by atoms with Crippen LogP contribution in [0, 0.1) is 18.7 Å². The predicted molar refractivity (Wildman–Crippen MR) is 117 cm³/mol. The second-order valence-corrected chi connectivity index (χ2v) is 7.36. The lowest BCUT2D eigenvalue weighted by Crippen LogP contribution is -2.32. The Morgan fingerprint density at radius 2 is 1.72 bits per heavy atom. The highest BCUT2D eigenvalue weighted by Crippen LogP contribution is 2.27. The molecule has 0 fully saturated rings. The number of carbonyl (C=O) groups excluding carboxylic acids is 1. The van der Waals surface area contributed by atoms with Crippen LogP contribution in [0.15, 0.2) is 84.9 Å². The van der Waals surface area contributed by atoms with Crippen molar-refractivity contribution < 1.29 is 9.18 Å². The number of nitrogens with one attached hydrogen (secondary N) is 1. The highest BCUT2D eigenvalue weighted by molar-refractivity contribution is 5.84. The van der Waals surface area contributed by atoms with Crippen molar-refractivity contribution in [2.24, 2.45) is 5.92 Å². The number of benzene rings is 3. The summed E-state index contributed by atoms with van der Waals surface area (Å²) in [5.74, 6) is -0.676. The van der Waals surface area contributed by atoms with Crippen LogP contribution < -0.4 is 5.32 Å². The average Bonchev–Trinajstić information content (AvgIpc) is 2.73. The van der Waals surface area contributed by atoms with Gasteiger partial charge in [-0.1, -0.05) is 91.4 Å². The molecule has 0 aliphatic rings. The van der Waals surface area contributed by atoms with Gasteiger partial charge in [-0.2, -0.15) is 0 Å². The molecule has 148 valence electrons. The van der Waals surface area contributed by atoms with Crippen molar-refractivity contribution in [1.82, 2.24) is 5.32 Å². The molecule has 3 heteroatoms. The van der Waals surface area contributed by atoms with E-state index in [2.05, 4.69) is 5.32 Å². The molecule has 0 spiro atoms. The second kappa shape index (κ2) is 9.83. The van der Waals surface area contributed by atoms with Crippen molar-refractivity contribution in [1.29, 1.82) is 0 Å². The monoisotopic (exact) mass is 387 g/mol. The first-order valence-corrected chi connectivity index (χ1v) is 9.85. The van der Waals surface area contributed by atoms with E-state index in [0.717, 1.165) is 22.3 Å². The van der Waals surface area contributed by atoms with E-state index in [4.69, 9.17) is 0 Å². The zero-order valence-electron chi connectivity index (χ0n) is 16.8. The van der Waals surface area contributed by atoms with E-state index in [1.807, 2.05) is 86.7 Å². The Labute approximate surface area is 172 Å². The summed E-state index contributed by atoms with van der Waals surface area (Å²) in [5, 5.41) is 3.07. The van der Waals surface area contributed by atoms with Crippen LogP contribution in [0.25, 0.3) is 6.08 Å². The van der Waals surface area contributed by atoms with E-state index in [1.165, 1.54) is 12.1 Å². The minimum atomic E-state index is -0.330. The van der Waals surface area contributed by atoms with E-state index < -0.39 is 0 Å². The summed E-state index contributed by atoms with van der Waals surface area (Å²) in [6.07, 6.45) is 3.85. The van der Waals surface area contributed by atoms with Crippen LogP contribution in [0.3, 0.4) is 0 Å². The van der Waals surface area contributed by atoms with E-state index in [9.17, 15) is 9.18 Å². The Hall–Kier alpha value is -3.20. The Balaban J connectivity index is 1.80. The van der Waals surface area contributed by atoms with Crippen LogP contribution in [0.2, 0.25) is 0 Å². The highest BCUT2D eigenvalue weighted by atomic mass is 19.1. The molecule has 0 heterocycles. The zero-order chi connectivity index (χ0) is 20.6. The molecule has 3 aromatic rings. The highest BCUT2D eigenvalue weighted by Gasteiger charge is 2.25. The molecule has 2 atom stereocenters. The molecule has 3 rings (SSSR count). The largest absolute Gasteiger partial charge is 0.351 e. The van der Waals surface area contributed by atoms with Gasteiger partial charge in [0.15, 0.2) is 0 Å². The van der Waals surface area contributed by atoms with Crippen LogP contribution in [0.5, 0.6) is 0 Å². The van der Waals surface area contributed by atoms with E-state index in [1.54, 1.807) is 6.07 Å². The van der Waals surface area contributed by atoms with E-state index in [0.29, 0.717) is 6.54 Å². The van der Waals surface area contributed by atoms with Gasteiger partial charge in [0.1, 0.15) is 5.82 Å². The van der Waals surface area contributed by atoms with Gasteiger partial charge < -0.3 is 5.32 Å². The summed E-state index contributed by atoms with van der Waals surface area (Å²) < 4.78 is 13.4. The van der Waals surface area contributed by atoms with E-state index >= 15 is 0 Å². The van der Waals surface area contributed by atoms with Crippen molar-refractivity contribution in [2.75, 3.05) is 0 Å². The lowest BCUT2D eigenvalue weighted by Gasteiger charge is -2.22. The Morgan fingerprint density at radius 1 is 1.00 bits per heavy atom. The van der Waals surface area contributed by atoms with Gasteiger partial charge in [0.2, 0.25) is 5.91 Å². The molecule has 0 aliphatic carbocycles. The zero-order valence-corrected chi connectivity index (χ0v) is 16.8.